The molecule has 0 radical (unpaired) electrons. The molecule has 0 unspecified atom stereocenters. The normalized spacial score (nSPS) is 16.3. The Morgan fingerprint density at radius 2 is 2.00 bits per heavy atom. The Morgan fingerprint density at radius 1 is 1.25 bits per heavy atom. The van der Waals surface area contributed by atoms with E-state index in [1.54, 1.807) is 11.3 Å². The number of aryl methyl sites for hydroxylation is 1. The van der Waals surface area contributed by atoms with Crippen LogP contribution in [0.1, 0.15) is 38.5 Å². The fourth-order valence-corrected chi connectivity index (χ4v) is 2.92. The zero-order chi connectivity index (χ0) is 8.72. The van der Waals surface area contributed by atoms with Gasteiger partial charge < -0.3 is 0 Å². The van der Waals surface area contributed by atoms with Gasteiger partial charge in [0.15, 0.2) is 5.78 Å². The minimum Gasteiger partial charge on any atom is -0.293 e. The van der Waals surface area contributed by atoms with Crippen LogP contribution in [-0.4, -0.2) is 5.78 Å². The first kappa shape index (κ1) is 7.99. The largest absolute Gasteiger partial charge is 0.293 e. The molecule has 1 aromatic rings. The number of fused-ring (bicyclic) bond motifs is 1. The smallest absolute Gasteiger partial charge is 0.173 e. The van der Waals surface area contributed by atoms with Gasteiger partial charge in [-0.15, -0.1) is 11.3 Å². The van der Waals surface area contributed by atoms with Gasteiger partial charge in [0.1, 0.15) is 0 Å². The van der Waals surface area contributed by atoms with Crippen LogP contribution < -0.4 is 0 Å². The van der Waals surface area contributed by atoms with E-state index in [0.29, 0.717) is 5.78 Å². The highest BCUT2D eigenvalue weighted by Gasteiger charge is 2.21. The van der Waals surface area contributed by atoms with E-state index in [1.807, 2.05) is 0 Å². The number of Topliss-reactive ketones (excluding diaryl/α,β-unsaturated/α-hetero) is 1. The van der Waals surface area contributed by atoms with Crippen LogP contribution in [0.4, 0.5) is 0 Å². The van der Waals surface area contributed by atoms with E-state index in [2.05, 4.69) is 13.8 Å². The van der Waals surface area contributed by atoms with Crippen molar-refractivity contribution in [3.63, 3.8) is 0 Å². The predicted molar refractivity (Wildman–Crippen MR) is 51.1 cm³/mol. The van der Waals surface area contributed by atoms with Crippen LogP contribution in [0, 0.1) is 13.8 Å². The summed E-state index contributed by atoms with van der Waals surface area (Å²) in [5, 5.41) is 0. The van der Waals surface area contributed by atoms with Crippen LogP contribution in [0.5, 0.6) is 0 Å². The number of carbonyl (C=O) groups is 1. The van der Waals surface area contributed by atoms with Crippen LogP contribution in [-0.2, 0) is 6.42 Å². The van der Waals surface area contributed by atoms with E-state index >= 15 is 0 Å². The first-order chi connectivity index (χ1) is 5.70. The van der Waals surface area contributed by atoms with Gasteiger partial charge in [0.25, 0.3) is 0 Å². The molecule has 12 heavy (non-hydrogen) atoms. The SMILES string of the molecule is Cc1sc2c(c1C)CCCC2=O. The van der Waals surface area contributed by atoms with Gasteiger partial charge in [0.2, 0.25) is 0 Å². The van der Waals surface area contributed by atoms with E-state index in [9.17, 15) is 4.79 Å². The van der Waals surface area contributed by atoms with E-state index in [1.165, 1.54) is 16.0 Å². The molecule has 0 bridgehead atoms. The minimum absolute atomic E-state index is 0.359. The summed E-state index contributed by atoms with van der Waals surface area (Å²) in [7, 11) is 0. The van der Waals surface area contributed by atoms with Crippen molar-refractivity contribution in [1.29, 1.82) is 0 Å². The highest BCUT2D eigenvalue weighted by Crippen LogP contribution is 2.32. The summed E-state index contributed by atoms with van der Waals surface area (Å²) >= 11 is 1.68. The summed E-state index contributed by atoms with van der Waals surface area (Å²) in [6, 6.07) is 0. The number of thiophene rings is 1. The fraction of sp³-hybridized carbons (Fsp3) is 0.500. The first-order valence-electron chi connectivity index (χ1n) is 4.32. The Labute approximate surface area is 76.4 Å². The maximum Gasteiger partial charge on any atom is 0.173 e. The van der Waals surface area contributed by atoms with Gasteiger partial charge in [-0.3, -0.25) is 4.79 Å². The molecule has 0 saturated heterocycles. The second-order valence-corrected chi connectivity index (χ2v) is 4.59. The number of hydrogen-bond acceptors (Lipinski definition) is 2. The number of ketones is 1. The molecule has 0 saturated carbocycles. The average molecular weight is 180 g/mol. The Morgan fingerprint density at radius 3 is 2.67 bits per heavy atom. The van der Waals surface area contributed by atoms with Crippen LogP contribution in [0.2, 0.25) is 0 Å². The van der Waals surface area contributed by atoms with Gasteiger partial charge >= 0.3 is 0 Å². The summed E-state index contributed by atoms with van der Waals surface area (Å²) < 4.78 is 0. The second-order valence-electron chi connectivity index (χ2n) is 3.37. The first-order valence-corrected chi connectivity index (χ1v) is 5.14. The molecule has 1 aliphatic carbocycles. The molecule has 1 heterocycles. The molecule has 1 aliphatic rings. The van der Waals surface area contributed by atoms with Crippen LogP contribution >= 0.6 is 11.3 Å². The molecular formula is C10H12OS. The maximum atomic E-state index is 11.5. The quantitative estimate of drug-likeness (QED) is 0.600. The van der Waals surface area contributed by atoms with Crippen molar-refractivity contribution in [2.45, 2.75) is 33.1 Å². The van der Waals surface area contributed by atoms with Crippen molar-refractivity contribution in [3.05, 3.63) is 20.9 Å². The van der Waals surface area contributed by atoms with Gasteiger partial charge in [-0.05, 0) is 37.8 Å². The molecule has 64 valence electrons. The lowest BCUT2D eigenvalue weighted by molar-refractivity contribution is 0.0977. The van der Waals surface area contributed by atoms with Crippen molar-refractivity contribution < 1.29 is 4.79 Å². The second kappa shape index (κ2) is 2.70. The van der Waals surface area contributed by atoms with Gasteiger partial charge in [0.05, 0.1) is 4.88 Å². The van der Waals surface area contributed by atoms with Crippen molar-refractivity contribution in [1.82, 2.24) is 0 Å². The third-order valence-corrected chi connectivity index (χ3v) is 3.88. The summed E-state index contributed by atoms with van der Waals surface area (Å²) in [4.78, 5) is 13.8. The van der Waals surface area contributed by atoms with Crippen molar-refractivity contribution in [2.75, 3.05) is 0 Å². The Bertz CT molecular complexity index is 336. The lowest BCUT2D eigenvalue weighted by Crippen LogP contribution is -2.07. The van der Waals surface area contributed by atoms with Crippen LogP contribution in [0.25, 0.3) is 0 Å². The predicted octanol–water partition coefficient (Wildman–Crippen LogP) is 2.88. The van der Waals surface area contributed by atoms with Crippen molar-refractivity contribution >= 4 is 17.1 Å². The summed E-state index contributed by atoms with van der Waals surface area (Å²) in [5.74, 6) is 0.359. The molecular weight excluding hydrogens is 168 g/mol. The van der Waals surface area contributed by atoms with E-state index < -0.39 is 0 Å². The highest BCUT2D eigenvalue weighted by atomic mass is 32.1. The van der Waals surface area contributed by atoms with Gasteiger partial charge in [-0.25, -0.2) is 0 Å². The molecule has 2 heteroatoms. The molecule has 0 aromatic carbocycles. The van der Waals surface area contributed by atoms with Gasteiger partial charge in [-0.2, -0.15) is 0 Å². The average Bonchev–Trinajstić information content (AvgIpc) is 2.32. The van der Waals surface area contributed by atoms with E-state index in [0.717, 1.165) is 24.1 Å². The van der Waals surface area contributed by atoms with E-state index in [4.69, 9.17) is 0 Å². The standard InChI is InChI=1S/C10H12OS/c1-6-7(2)12-10-8(6)4-3-5-9(10)11/h3-5H2,1-2H3. The number of hydrogen-bond donors (Lipinski definition) is 0. The van der Waals surface area contributed by atoms with E-state index in [-0.39, 0.29) is 0 Å². The molecule has 0 aliphatic heterocycles. The lowest BCUT2D eigenvalue weighted by atomic mass is 9.95. The zero-order valence-electron chi connectivity index (χ0n) is 7.44. The van der Waals surface area contributed by atoms with Crippen LogP contribution in [0.15, 0.2) is 0 Å². The third-order valence-electron chi connectivity index (χ3n) is 2.59. The molecule has 0 N–H and O–H groups in total. The molecule has 2 rings (SSSR count). The Hall–Kier alpha value is -0.630. The molecule has 1 aromatic heterocycles. The Balaban J connectivity index is 2.60. The lowest BCUT2D eigenvalue weighted by Gasteiger charge is -2.09. The molecule has 0 fully saturated rings. The number of rotatable bonds is 0. The van der Waals surface area contributed by atoms with Crippen molar-refractivity contribution in [3.8, 4) is 0 Å². The molecule has 0 atom stereocenters. The third kappa shape index (κ3) is 1.02. The molecule has 1 nitrogen and oxygen atoms in total. The molecule has 0 amide bonds. The monoisotopic (exact) mass is 180 g/mol. The van der Waals surface area contributed by atoms with Gasteiger partial charge in [-0.1, -0.05) is 0 Å². The highest BCUT2D eigenvalue weighted by molar-refractivity contribution is 7.14. The van der Waals surface area contributed by atoms with Crippen LogP contribution in [0.3, 0.4) is 0 Å². The summed E-state index contributed by atoms with van der Waals surface area (Å²) in [6.07, 6.45) is 2.91. The minimum atomic E-state index is 0.359. The Kier molecular flexibility index (Phi) is 1.80. The number of carbonyl (C=O) groups excluding carboxylic acids is 1. The summed E-state index contributed by atoms with van der Waals surface area (Å²) in [5.41, 5.74) is 2.68. The van der Waals surface area contributed by atoms with Gasteiger partial charge in [0, 0.05) is 11.3 Å². The molecule has 0 spiro atoms. The fourth-order valence-electron chi connectivity index (χ4n) is 1.74. The topological polar surface area (TPSA) is 17.1 Å². The maximum absolute atomic E-state index is 11.5. The summed E-state index contributed by atoms with van der Waals surface area (Å²) in [6.45, 7) is 4.23. The van der Waals surface area contributed by atoms with Crippen molar-refractivity contribution in [2.24, 2.45) is 0 Å². The zero-order valence-corrected chi connectivity index (χ0v) is 8.25.